The average Bonchev–Trinajstić information content (AvgIpc) is 3.26. The molecule has 0 saturated heterocycles. The summed E-state index contributed by atoms with van der Waals surface area (Å²) in [4.78, 5) is 2.45. The van der Waals surface area contributed by atoms with Crippen LogP contribution in [0.4, 0.5) is 11.4 Å². The SMILES string of the molecule is Cc1cc(N)c(Cl)cc1N(Cc1ccccc1)C1CC1. The van der Waals surface area contributed by atoms with Crippen LogP contribution in [0.2, 0.25) is 5.02 Å². The van der Waals surface area contributed by atoms with Crippen molar-refractivity contribution in [3.63, 3.8) is 0 Å². The monoisotopic (exact) mass is 286 g/mol. The Morgan fingerprint density at radius 2 is 1.90 bits per heavy atom. The van der Waals surface area contributed by atoms with Crippen molar-refractivity contribution in [1.29, 1.82) is 0 Å². The lowest BCUT2D eigenvalue weighted by molar-refractivity contribution is 0.791. The van der Waals surface area contributed by atoms with E-state index in [0.29, 0.717) is 16.8 Å². The molecule has 0 atom stereocenters. The van der Waals surface area contributed by atoms with Crippen LogP contribution in [-0.2, 0) is 6.54 Å². The fourth-order valence-corrected chi connectivity index (χ4v) is 2.74. The van der Waals surface area contributed by atoms with Gasteiger partial charge in [0.05, 0.1) is 10.7 Å². The Kier molecular flexibility index (Phi) is 3.58. The van der Waals surface area contributed by atoms with E-state index in [-0.39, 0.29) is 0 Å². The van der Waals surface area contributed by atoms with E-state index in [0.717, 1.165) is 6.54 Å². The molecular weight excluding hydrogens is 268 g/mol. The molecule has 0 amide bonds. The lowest BCUT2D eigenvalue weighted by Gasteiger charge is -2.27. The van der Waals surface area contributed by atoms with E-state index in [1.54, 1.807) is 0 Å². The average molecular weight is 287 g/mol. The molecule has 1 aliphatic rings. The molecule has 0 spiro atoms. The van der Waals surface area contributed by atoms with Crippen molar-refractivity contribution in [3.05, 3.63) is 58.6 Å². The molecule has 0 bridgehead atoms. The first-order valence-electron chi connectivity index (χ1n) is 7.01. The Hall–Kier alpha value is -1.67. The van der Waals surface area contributed by atoms with Crippen molar-refractivity contribution in [1.82, 2.24) is 0 Å². The number of hydrogen-bond donors (Lipinski definition) is 1. The Bertz CT molecular complexity index is 606. The van der Waals surface area contributed by atoms with Gasteiger partial charge in [-0.1, -0.05) is 41.9 Å². The van der Waals surface area contributed by atoms with Crippen LogP contribution in [0, 0.1) is 6.92 Å². The molecular formula is C17H19ClN2. The fourth-order valence-electron chi connectivity index (χ4n) is 2.58. The molecule has 2 aromatic carbocycles. The lowest BCUT2D eigenvalue weighted by atomic mass is 10.1. The summed E-state index contributed by atoms with van der Waals surface area (Å²) in [5.41, 5.74) is 10.3. The summed E-state index contributed by atoms with van der Waals surface area (Å²) in [5, 5.41) is 0.643. The van der Waals surface area contributed by atoms with E-state index in [1.165, 1.54) is 29.7 Å². The summed E-state index contributed by atoms with van der Waals surface area (Å²) in [6.45, 7) is 3.02. The second-order valence-electron chi connectivity index (χ2n) is 5.50. The summed E-state index contributed by atoms with van der Waals surface area (Å²) in [7, 11) is 0. The van der Waals surface area contributed by atoms with Crippen molar-refractivity contribution < 1.29 is 0 Å². The summed E-state index contributed by atoms with van der Waals surface area (Å²) in [5.74, 6) is 0. The minimum Gasteiger partial charge on any atom is -0.398 e. The molecule has 0 unspecified atom stereocenters. The number of anilines is 2. The van der Waals surface area contributed by atoms with Crippen LogP contribution in [-0.4, -0.2) is 6.04 Å². The van der Waals surface area contributed by atoms with Crippen LogP contribution in [0.5, 0.6) is 0 Å². The van der Waals surface area contributed by atoms with Gasteiger partial charge < -0.3 is 10.6 Å². The van der Waals surface area contributed by atoms with Crippen LogP contribution in [0.1, 0.15) is 24.0 Å². The second kappa shape index (κ2) is 5.37. The highest BCUT2D eigenvalue weighted by molar-refractivity contribution is 6.33. The first kappa shape index (κ1) is 13.3. The maximum Gasteiger partial charge on any atom is 0.0656 e. The number of nitrogen functional groups attached to an aromatic ring is 1. The Balaban J connectivity index is 1.93. The number of nitrogens with two attached hydrogens (primary N) is 1. The molecule has 0 aliphatic heterocycles. The van der Waals surface area contributed by atoms with Crippen LogP contribution >= 0.6 is 11.6 Å². The highest BCUT2D eigenvalue weighted by atomic mass is 35.5. The zero-order valence-corrected chi connectivity index (χ0v) is 12.4. The first-order valence-corrected chi connectivity index (χ1v) is 7.39. The zero-order valence-electron chi connectivity index (χ0n) is 11.6. The van der Waals surface area contributed by atoms with Gasteiger partial charge in [0, 0.05) is 18.3 Å². The van der Waals surface area contributed by atoms with E-state index >= 15 is 0 Å². The van der Waals surface area contributed by atoms with Crippen molar-refractivity contribution in [2.24, 2.45) is 0 Å². The minimum absolute atomic E-state index is 0.633. The Labute approximate surface area is 125 Å². The molecule has 2 N–H and O–H groups in total. The minimum atomic E-state index is 0.633. The van der Waals surface area contributed by atoms with Gasteiger partial charge in [-0.15, -0.1) is 0 Å². The molecule has 1 saturated carbocycles. The maximum atomic E-state index is 6.21. The highest BCUT2D eigenvalue weighted by Gasteiger charge is 2.30. The van der Waals surface area contributed by atoms with E-state index in [1.807, 2.05) is 12.1 Å². The third-order valence-electron chi connectivity index (χ3n) is 3.81. The van der Waals surface area contributed by atoms with E-state index in [9.17, 15) is 0 Å². The van der Waals surface area contributed by atoms with Gasteiger partial charge in [-0.3, -0.25) is 0 Å². The smallest absolute Gasteiger partial charge is 0.0656 e. The number of hydrogen-bond acceptors (Lipinski definition) is 2. The quantitative estimate of drug-likeness (QED) is 0.844. The summed E-state index contributed by atoms with van der Waals surface area (Å²) < 4.78 is 0. The van der Waals surface area contributed by atoms with Crippen molar-refractivity contribution in [2.45, 2.75) is 32.4 Å². The van der Waals surface area contributed by atoms with Crippen molar-refractivity contribution >= 4 is 23.0 Å². The summed E-state index contributed by atoms with van der Waals surface area (Å²) >= 11 is 6.21. The summed E-state index contributed by atoms with van der Waals surface area (Å²) in [6.07, 6.45) is 2.52. The molecule has 3 heteroatoms. The Morgan fingerprint density at radius 1 is 1.20 bits per heavy atom. The molecule has 1 fully saturated rings. The van der Waals surface area contributed by atoms with E-state index < -0.39 is 0 Å². The normalized spacial score (nSPS) is 14.3. The van der Waals surface area contributed by atoms with Crippen molar-refractivity contribution in [3.8, 4) is 0 Å². The molecule has 0 aromatic heterocycles. The predicted octanol–water partition coefficient (Wildman–Crippen LogP) is 4.40. The zero-order chi connectivity index (χ0) is 14.1. The van der Waals surface area contributed by atoms with Gasteiger partial charge in [0.2, 0.25) is 0 Å². The number of aryl methyl sites for hydroxylation is 1. The molecule has 20 heavy (non-hydrogen) atoms. The molecule has 1 aliphatic carbocycles. The first-order chi connectivity index (χ1) is 9.65. The van der Waals surface area contributed by atoms with Gasteiger partial charge in [-0.2, -0.15) is 0 Å². The van der Waals surface area contributed by atoms with Gasteiger partial charge >= 0.3 is 0 Å². The van der Waals surface area contributed by atoms with Gasteiger partial charge in [0.25, 0.3) is 0 Å². The standard InChI is InChI=1S/C17H19ClN2/c1-12-9-16(19)15(18)10-17(12)20(14-7-8-14)11-13-5-3-2-4-6-13/h2-6,9-10,14H,7-8,11,19H2,1H3. The van der Waals surface area contributed by atoms with Gasteiger partial charge in [-0.25, -0.2) is 0 Å². The third-order valence-corrected chi connectivity index (χ3v) is 4.14. The van der Waals surface area contributed by atoms with Gasteiger partial charge in [-0.05, 0) is 43.0 Å². The van der Waals surface area contributed by atoms with Crippen LogP contribution in [0.3, 0.4) is 0 Å². The van der Waals surface area contributed by atoms with E-state index in [4.69, 9.17) is 17.3 Å². The topological polar surface area (TPSA) is 29.3 Å². The van der Waals surface area contributed by atoms with Crippen LogP contribution in [0.25, 0.3) is 0 Å². The maximum absolute atomic E-state index is 6.21. The third kappa shape index (κ3) is 2.75. The second-order valence-corrected chi connectivity index (χ2v) is 5.91. The number of halogens is 1. The molecule has 2 aromatic rings. The van der Waals surface area contributed by atoms with Crippen LogP contribution in [0.15, 0.2) is 42.5 Å². The number of nitrogens with zero attached hydrogens (tertiary/aromatic N) is 1. The molecule has 104 valence electrons. The van der Waals surface area contributed by atoms with Crippen molar-refractivity contribution in [2.75, 3.05) is 10.6 Å². The lowest BCUT2D eigenvalue weighted by Crippen LogP contribution is -2.25. The number of rotatable bonds is 4. The van der Waals surface area contributed by atoms with Crippen LogP contribution < -0.4 is 10.6 Å². The highest BCUT2D eigenvalue weighted by Crippen LogP contribution is 2.37. The molecule has 3 rings (SSSR count). The van der Waals surface area contributed by atoms with Gasteiger partial charge in [0.1, 0.15) is 0 Å². The van der Waals surface area contributed by atoms with E-state index in [2.05, 4.69) is 42.2 Å². The predicted molar refractivity (Wildman–Crippen MR) is 86.2 cm³/mol. The molecule has 2 nitrogen and oxygen atoms in total. The summed E-state index contributed by atoms with van der Waals surface area (Å²) in [6, 6.07) is 15.2. The molecule has 0 heterocycles. The van der Waals surface area contributed by atoms with Gasteiger partial charge in [0.15, 0.2) is 0 Å². The number of benzene rings is 2. The largest absolute Gasteiger partial charge is 0.398 e. The molecule has 0 radical (unpaired) electrons. The Morgan fingerprint density at radius 3 is 2.55 bits per heavy atom. The fraction of sp³-hybridized carbons (Fsp3) is 0.294.